The predicted molar refractivity (Wildman–Crippen MR) is 128 cm³/mol. The Morgan fingerprint density at radius 2 is 1.62 bits per heavy atom. The Kier molecular flexibility index (Phi) is 6.03. The summed E-state index contributed by atoms with van der Waals surface area (Å²) in [6, 6.07) is 19.3. The fourth-order valence-corrected chi connectivity index (χ4v) is 5.30. The number of aromatic nitrogens is 1. The summed E-state index contributed by atoms with van der Waals surface area (Å²) >= 11 is 1.71. The normalized spacial score (nSPS) is 15.8. The molecule has 3 heterocycles. The number of carbonyl (C=O) groups excluding carboxylic acids is 1. The topological polar surface area (TPSA) is 63.6 Å². The Balaban J connectivity index is 1.41. The number of pyridine rings is 1. The van der Waals surface area contributed by atoms with Crippen LogP contribution < -0.4 is 10.7 Å². The SMILES string of the molecule is O=C(Cn1c2ccccc2c(=O)c2ccccc21)NC[C@@H](c1cccs1)N1CCOCC1. The largest absolute Gasteiger partial charge is 0.379 e. The summed E-state index contributed by atoms with van der Waals surface area (Å²) in [7, 11) is 0. The van der Waals surface area contributed by atoms with Crippen LogP contribution in [0.4, 0.5) is 0 Å². The number of hydrogen-bond donors (Lipinski definition) is 1. The minimum Gasteiger partial charge on any atom is -0.379 e. The molecule has 1 amide bonds. The van der Waals surface area contributed by atoms with E-state index >= 15 is 0 Å². The highest BCUT2D eigenvalue weighted by Gasteiger charge is 2.24. The number of carbonyl (C=O) groups is 1. The van der Waals surface area contributed by atoms with Gasteiger partial charge in [0.25, 0.3) is 0 Å². The molecule has 0 radical (unpaired) electrons. The summed E-state index contributed by atoms with van der Waals surface area (Å²) in [5.41, 5.74) is 1.54. The van der Waals surface area contributed by atoms with Gasteiger partial charge in [-0.3, -0.25) is 14.5 Å². The zero-order chi connectivity index (χ0) is 21.9. The summed E-state index contributed by atoms with van der Waals surface area (Å²) in [5, 5.41) is 6.48. The first-order chi connectivity index (χ1) is 15.7. The van der Waals surface area contributed by atoms with E-state index in [1.165, 1.54) is 4.88 Å². The van der Waals surface area contributed by atoms with Crippen molar-refractivity contribution in [2.24, 2.45) is 0 Å². The Hall–Kier alpha value is -3.00. The third-order valence-corrected chi connectivity index (χ3v) is 7.00. The molecule has 1 N–H and O–H groups in total. The second kappa shape index (κ2) is 9.24. The van der Waals surface area contributed by atoms with Crippen LogP contribution in [0.2, 0.25) is 0 Å². The molecule has 0 saturated carbocycles. The monoisotopic (exact) mass is 447 g/mol. The molecule has 1 fully saturated rings. The van der Waals surface area contributed by atoms with E-state index in [4.69, 9.17) is 4.74 Å². The van der Waals surface area contributed by atoms with E-state index in [9.17, 15) is 9.59 Å². The lowest BCUT2D eigenvalue weighted by Crippen LogP contribution is -2.44. The van der Waals surface area contributed by atoms with Crippen LogP contribution in [0.15, 0.2) is 70.8 Å². The number of amides is 1. The number of ether oxygens (including phenoxy) is 1. The van der Waals surface area contributed by atoms with E-state index in [2.05, 4.69) is 21.7 Å². The van der Waals surface area contributed by atoms with Gasteiger partial charge in [0.2, 0.25) is 5.91 Å². The van der Waals surface area contributed by atoms with Crippen molar-refractivity contribution in [1.82, 2.24) is 14.8 Å². The number of morpholine rings is 1. The molecule has 2 aromatic carbocycles. The smallest absolute Gasteiger partial charge is 0.240 e. The summed E-state index contributed by atoms with van der Waals surface area (Å²) in [4.78, 5) is 29.6. The second-order valence-electron chi connectivity index (χ2n) is 7.93. The first-order valence-electron chi connectivity index (χ1n) is 10.8. The van der Waals surface area contributed by atoms with Gasteiger partial charge in [-0.05, 0) is 35.7 Å². The van der Waals surface area contributed by atoms with Gasteiger partial charge in [0.05, 0.1) is 30.3 Å². The Bertz CT molecular complexity index is 1230. The maximum atomic E-state index is 13.1. The second-order valence-corrected chi connectivity index (χ2v) is 8.91. The first-order valence-corrected chi connectivity index (χ1v) is 11.7. The number of benzene rings is 2. The maximum Gasteiger partial charge on any atom is 0.240 e. The van der Waals surface area contributed by atoms with Gasteiger partial charge in [0.1, 0.15) is 6.54 Å². The average molecular weight is 448 g/mol. The first kappa shape index (κ1) is 20.9. The lowest BCUT2D eigenvalue weighted by molar-refractivity contribution is -0.121. The van der Waals surface area contributed by atoms with Gasteiger partial charge in [-0.2, -0.15) is 0 Å². The predicted octanol–water partition coefficient (Wildman–Crippen LogP) is 3.41. The van der Waals surface area contributed by atoms with Crippen LogP contribution >= 0.6 is 11.3 Å². The van der Waals surface area contributed by atoms with Crippen LogP contribution in [0.1, 0.15) is 10.9 Å². The molecule has 164 valence electrons. The highest BCUT2D eigenvalue weighted by Crippen LogP contribution is 2.25. The van der Waals surface area contributed by atoms with Crippen LogP contribution in [-0.4, -0.2) is 48.2 Å². The van der Waals surface area contributed by atoms with E-state index < -0.39 is 0 Å². The summed E-state index contributed by atoms with van der Waals surface area (Å²) in [5.74, 6) is -0.0706. The van der Waals surface area contributed by atoms with Crippen molar-refractivity contribution in [3.8, 4) is 0 Å². The molecule has 1 atom stereocenters. The summed E-state index contributed by atoms with van der Waals surface area (Å²) in [6.07, 6.45) is 0. The van der Waals surface area contributed by atoms with Crippen molar-refractivity contribution in [1.29, 1.82) is 0 Å². The fourth-order valence-electron chi connectivity index (χ4n) is 4.44. The number of nitrogens with one attached hydrogen (secondary N) is 1. The van der Waals surface area contributed by atoms with Crippen molar-refractivity contribution < 1.29 is 9.53 Å². The average Bonchev–Trinajstić information content (AvgIpc) is 3.37. The van der Waals surface area contributed by atoms with Gasteiger partial charge in [-0.15, -0.1) is 11.3 Å². The molecule has 0 aliphatic carbocycles. The van der Waals surface area contributed by atoms with E-state index in [-0.39, 0.29) is 23.9 Å². The number of hydrogen-bond acceptors (Lipinski definition) is 5. The number of rotatable bonds is 6. The standard InChI is InChI=1S/C25H25N3O3S/c29-24(26-16-22(23-10-5-15-32-23)27-11-13-31-14-12-27)17-28-20-8-3-1-6-18(20)25(30)19-7-2-4-9-21(19)28/h1-10,15,22H,11-14,16-17H2,(H,26,29)/t22-/m0/s1. The zero-order valence-corrected chi connectivity index (χ0v) is 18.5. The molecule has 1 aliphatic heterocycles. The van der Waals surface area contributed by atoms with Crippen LogP contribution in [0.25, 0.3) is 21.8 Å². The van der Waals surface area contributed by atoms with Crippen LogP contribution in [0.5, 0.6) is 0 Å². The van der Waals surface area contributed by atoms with Crippen LogP contribution in [-0.2, 0) is 16.1 Å². The van der Waals surface area contributed by atoms with Crippen molar-refractivity contribution >= 4 is 39.0 Å². The van der Waals surface area contributed by atoms with Gasteiger partial charge in [-0.25, -0.2) is 0 Å². The number of nitrogens with zero attached hydrogens (tertiary/aromatic N) is 2. The van der Waals surface area contributed by atoms with Crippen LogP contribution in [0, 0.1) is 0 Å². The molecule has 32 heavy (non-hydrogen) atoms. The molecule has 5 rings (SSSR count). The van der Waals surface area contributed by atoms with E-state index in [1.54, 1.807) is 11.3 Å². The van der Waals surface area contributed by atoms with E-state index in [0.717, 1.165) is 24.1 Å². The molecule has 6 nitrogen and oxygen atoms in total. The fraction of sp³-hybridized carbons (Fsp3) is 0.280. The van der Waals surface area contributed by atoms with Gasteiger partial charge in [0, 0.05) is 35.3 Å². The zero-order valence-electron chi connectivity index (χ0n) is 17.7. The molecular formula is C25H25N3O3S. The van der Waals surface area contributed by atoms with Gasteiger partial charge >= 0.3 is 0 Å². The summed E-state index contributed by atoms with van der Waals surface area (Å²) < 4.78 is 7.45. The van der Waals surface area contributed by atoms with Crippen molar-refractivity contribution in [3.63, 3.8) is 0 Å². The van der Waals surface area contributed by atoms with Crippen molar-refractivity contribution in [2.45, 2.75) is 12.6 Å². The lowest BCUT2D eigenvalue weighted by Gasteiger charge is -2.34. The molecule has 1 saturated heterocycles. The Morgan fingerprint density at radius 3 is 2.25 bits per heavy atom. The molecule has 1 aliphatic rings. The lowest BCUT2D eigenvalue weighted by atomic mass is 10.1. The Morgan fingerprint density at radius 1 is 0.969 bits per heavy atom. The number of thiophene rings is 1. The molecular weight excluding hydrogens is 422 g/mol. The van der Waals surface area contributed by atoms with Gasteiger partial charge in [0.15, 0.2) is 5.43 Å². The minimum absolute atomic E-state index is 0.00191. The molecule has 2 aromatic heterocycles. The number of para-hydroxylation sites is 2. The minimum atomic E-state index is -0.0706. The van der Waals surface area contributed by atoms with Crippen molar-refractivity contribution in [2.75, 3.05) is 32.8 Å². The van der Waals surface area contributed by atoms with E-state index in [0.29, 0.717) is 30.5 Å². The van der Waals surface area contributed by atoms with Gasteiger partial charge in [-0.1, -0.05) is 30.3 Å². The van der Waals surface area contributed by atoms with Gasteiger partial charge < -0.3 is 14.6 Å². The highest BCUT2D eigenvalue weighted by atomic mass is 32.1. The highest BCUT2D eigenvalue weighted by molar-refractivity contribution is 7.10. The molecule has 7 heteroatoms. The summed E-state index contributed by atoms with van der Waals surface area (Å²) in [6.45, 7) is 3.83. The van der Waals surface area contributed by atoms with Crippen LogP contribution in [0.3, 0.4) is 0 Å². The molecule has 0 bridgehead atoms. The molecule has 4 aromatic rings. The Labute approximate surface area is 190 Å². The quantitative estimate of drug-likeness (QED) is 0.460. The molecule has 0 spiro atoms. The maximum absolute atomic E-state index is 13.1. The molecule has 0 unspecified atom stereocenters. The third kappa shape index (κ3) is 4.07. The third-order valence-electron chi connectivity index (χ3n) is 6.03. The van der Waals surface area contributed by atoms with E-state index in [1.807, 2.05) is 59.2 Å². The van der Waals surface area contributed by atoms with Crippen molar-refractivity contribution in [3.05, 3.63) is 81.1 Å². The number of fused-ring (bicyclic) bond motifs is 2.